The minimum absolute atomic E-state index is 0.269. The van der Waals surface area contributed by atoms with E-state index in [4.69, 9.17) is 4.74 Å². The molecule has 2 rings (SSSR count). The topological polar surface area (TPSA) is 75.6 Å². The molecule has 0 aromatic heterocycles. The number of rotatable bonds is 6. The molecule has 2 aromatic rings. The van der Waals surface area contributed by atoms with Gasteiger partial charge in [0, 0.05) is 17.0 Å². The average molecular weight is 392 g/mol. The summed E-state index contributed by atoms with van der Waals surface area (Å²) in [5.41, 5.74) is 1.32. The molecule has 6 heteroatoms. The Hall–Kier alpha value is -2.18. The molecule has 2 atom stereocenters. The van der Waals surface area contributed by atoms with Gasteiger partial charge in [0.05, 0.1) is 12.6 Å². The fourth-order valence-electron chi connectivity index (χ4n) is 2.24. The third-order valence-corrected chi connectivity index (χ3v) is 3.92. The van der Waals surface area contributed by atoms with Crippen LogP contribution in [0.4, 0.5) is 0 Å². The van der Waals surface area contributed by atoms with Crippen LogP contribution in [0.3, 0.4) is 0 Å². The van der Waals surface area contributed by atoms with Gasteiger partial charge in [0.25, 0.3) is 5.91 Å². The molecule has 5 nitrogen and oxygen atoms in total. The SMILES string of the molecule is CC(=O)O[C@H](C(=O)NC(CO)c1ccc(Br)cc1)c1ccccc1. The predicted molar refractivity (Wildman–Crippen MR) is 93.1 cm³/mol. The van der Waals surface area contributed by atoms with Crippen molar-refractivity contribution < 1.29 is 19.4 Å². The molecule has 0 aliphatic carbocycles. The van der Waals surface area contributed by atoms with Gasteiger partial charge in [0.1, 0.15) is 0 Å². The van der Waals surface area contributed by atoms with Crippen molar-refractivity contribution >= 4 is 27.8 Å². The van der Waals surface area contributed by atoms with Crippen molar-refractivity contribution in [2.45, 2.75) is 19.1 Å². The third kappa shape index (κ3) is 4.91. The highest BCUT2D eigenvalue weighted by atomic mass is 79.9. The van der Waals surface area contributed by atoms with Crippen molar-refractivity contribution in [3.05, 3.63) is 70.2 Å². The van der Waals surface area contributed by atoms with E-state index in [1.165, 1.54) is 6.92 Å². The van der Waals surface area contributed by atoms with Gasteiger partial charge in [-0.05, 0) is 17.7 Å². The lowest BCUT2D eigenvalue weighted by molar-refractivity contribution is -0.154. The molecule has 0 saturated heterocycles. The Morgan fingerprint density at radius 3 is 2.25 bits per heavy atom. The number of aliphatic hydroxyl groups is 1. The number of nitrogens with one attached hydrogen (secondary N) is 1. The number of esters is 1. The lowest BCUT2D eigenvalue weighted by Gasteiger charge is -2.22. The van der Waals surface area contributed by atoms with E-state index in [0.29, 0.717) is 5.56 Å². The maximum Gasteiger partial charge on any atom is 0.303 e. The Labute approximate surface area is 148 Å². The van der Waals surface area contributed by atoms with E-state index in [1.54, 1.807) is 36.4 Å². The number of ether oxygens (including phenoxy) is 1. The number of hydrogen-bond donors (Lipinski definition) is 2. The number of benzene rings is 2. The summed E-state index contributed by atoms with van der Waals surface area (Å²) in [4.78, 5) is 23.9. The van der Waals surface area contributed by atoms with Crippen LogP contribution in [0.2, 0.25) is 0 Å². The summed E-state index contributed by atoms with van der Waals surface area (Å²) in [5, 5.41) is 12.3. The lowest BCUT2D eigenvalue weighted by Crippen LogP contribution is -2.36. The van der Waals surface area contributed by atoms with Crippen molar-refractivity contribution in [3.63, 3.8) is 0 Å². The summed E-state index contributed by atoms with van der Waals surface area (Å²) < 4.78 is 6.06. The van der Waals surface area contributed by atoms with E-state index in [1.807, 2.05) is 18.2 Å². The van der Waals surface area contributed by atoms with Crippen molar-refractivity contribution in [1.82, 2.24) is 5.32 Å². The highest BCUT2D eigenvalue weighted by molar-refractivity contribution is 9.10. The third-order valence-electron chi connectivity index (χ3n) is 3.40. The number of carbonyl (C=O) groups is 2. The number of aliphatic hydroxyl groups excluding tert-OH is 1. The van der Waals surface area contributed by atoms with E-state index in [2.05, 4.69) is 21.2 Å². The van der Waals surface area contributed by atoms with Gasteiger partial charge in [-0.1, -0.05) is 58.4 Å². The molecule has 2 N–H and O–H groups in total. The normalized spacial score (nSPS) is 13.0. The first-order valence-electron chi connectivity index (χ1n) is 7.40. The van der Waals surface area contributed by atoms with E-state index in [9.17, 15) is 14.7 Å². The van der Waals surface area contributed by atoms with Gasteiger partial charge < -0.3 is 15.2 Å². The van der Waals surface area contributed by atoms with Crippen molar-refractivity contribution in [1.29, 1.82) is 0 Å². The van der Waals surface area contributed by atoms with Crippen LogP contribution in [0.25, 0.3) is 0 Å². The Balaban J connectivity index is 2.19. The van der Waals surface area contributed by atoms with E-state index in [0.717, 1.165) is 10.0 Å². The molecule has 0 heterocycles. The van der Waals surface area contributed by atoms with Gasteiger partial charge >= 0.3 is 5.97 Å². The average Bonchev–Trinajstić information content (AvgIpc) is 2.59. The molecule has 1 amide bonds. The van der Waals surface area contributed by atoms with Crippen LogP contribution in [-0.2, 0) is 14.3 Å². The van der Waals surface area contributed by atoms with Gasteiger partial charge in [0.2, 0.25) is 6.10 Å². The zero-order valence-corrected chi connectivity index (χ0v) is 14.7. The molecule has 126 valence electrons. The van der Waals surface area contributed by atoms with Gasteiger partial charge in [-0.3, -0.25) is 9.59 Å². The van der Waals surface area contributed by atoms with Crippen LogP contribution >= 0.6 is 15.9 Å². The minimum Gasteiger partial charge on any atom is -0.447 e. The summed E-state index contributed by atoms with van der Waals surface area (Å²) in [6.45, 7) is 0.983. The van der Waals surface area contributed by atoms with Crippen LogP contribution in [0.15, 0.2) is 59.1 Å². The predicted octanol–water partition coefficient (Wildman–Crippen LogP) is 2.90. The highest BCUT2D eigenvalue weighted by Crippen LogP contribution is 2.21. The first kappa shape index (κ1) is 18.2. The molecule has 0 spiro atoms. The van der Waals surface area contributed by atoms with Gasteiger partial charge in [-0.15, -0.1) is 0 Å². The number of halogens is 1. The zero-order valence-electron chi connectivity index (χ0n) is 13.1. The van der Waals surface area contributed by atoms with Crippen LogP contribution in [0, 0.1) is 0 Å². The zero-order chi connectivity index (χ0) is 17.5. The fourth-order valence-corrected chi connectivity index (χ4v) is 2.51. The number of amides is 1. The monoisotopic (exact) mass is 391 g/mol. The number of hydrogen-bond acceptors (Lipinski definition) is 4. The summed E-state index contributed by atoms with van der Waals surface area (Å²) in [7, 11) is 0. The quantitative estimate of drug-likeness (QED) is 0.742. The molecular weight excluding hydrogens is 374 g/mol. The second-order valence-electron chi connectivity index (χ2n) is 5.20. The summed E-state index contributed by atoms with van der Waals surface area (Å²) in [6.07, 6.45) is -1.06. The maximum atomic E-state index is 12.6. The molecule has 0 fully saturated rings. The minimum atomic E-state index is -1.06. The van der Waals surface area contributed by atoms with E-state index in [-0.39, 0.29) is 6.61 Å². The number of carbonyl (C=O) groups excluding carboxylic acids is 2. The first-order valence-corrected chi connectivity index (χ1v) is 8.19. The largest absolute Gasteiger partial charge is 0.447 e. The smallest absolute Gasteiger partial charge is 0.303 e. The molecule has 2 aromatic carbocycles. The first-order chi connectivity index (χ1) is 11.5. The summed E-state index contributed by atoms with van der Waals surface area (Å²) in [6, 6.07) is 15.4. The van der Waals surface area contributed by atoms with Gasteiger partial charge in [-0.25, -0.2) is 0 Å². The maximum absolute atomic E-state index is 12.6. The van der Waals surface area contributed by atoms with Crippen molar-refractivity contribution in [2.75, 3.05) is 6.61 Å². The molecule has 0 saturated carbocycles. The molecule has 0 radical (unpaired) electrons. The van der Waals surface area contributed by atoms with Crippen molar-refractivity contribution in [2.24, 2.45) is 0 Å². The molecule has 1 unspecified atom stereocenters. The van der Waals surface area contributed by atoms with Gasteiger partial charge in [0.15, 0.2) is 0 Å². The second-order valence-corrected chi connectivity index (χ2v) is 6.11. The Bertz CT molecular complexity index is 688. The Morgan fingerprint density at radius 2 is 1.71 bits per heavy atom. The van der Waals surface area contributed by atoms with Crippen LogP contribution in [0.5, 0.6) is 0 Å². The highest BCUT2D eigenvalue weighted by Gasteiger charge is 2.26. The molecule has 0 aliphatic heterocycles. The Morgan fingerprint density at radius 1 is 1.08 bits per heavy atom. The molecule has 24 heavy (non-hydrogen) atoms. The summed E-state index contributed by atoms with van der Waals surface area (Å²) >= 11 is 3.34. The van der Waals surface area contributed by atoms with E-state index >= 15 is 0 Å². The molecular formula is C18H18BrNO4. The van der Waals surface area contributed by atoms with Crippen LogP contribution in [-0.4, -0.2) is 23.6 Å². The lowest BCUT2D eigenvalue weighted by atomic mass is 10.1. The summed E-state index contributed by atoms with van der Waals surface area (Å²) in [5.74, 6) is -1.04. The van der Waals surface area contributed by atoms with Crippen LogP contribution in [0.1, 0.15) is 30.2 Å². The Kier molecular flexibility index (Phi) is 6.52. The molecule has 0 bridgehead atoms. The van der Waals surface area contributed by atoms with Crippen LogP contribution < -0.4 is 5.32 Å². The van der Waals surface area contributed by atoms with E-state index < -0.39 is 24.0 Å². The van der Waals surface area contributed by atoms with Gasteiger partial charge in [-0.2, -0.15) is 0 Å². The standard InChI is InChI=1S/C18H18BrNO4/c1-12(22)24-17(14-5-3-2-4-6-14)18(23)20-16(11-21)13-7-9-15(19)10-8-13/h2-10,16-17,21H,11H2,1H3,(H,20,23)/t16?,17-/m0/s1. The fraction of sp³-hybridized carbons (Fsp3) is 0.222. The molecule has 0 aliphatic rings. The van der Waals surface area contributed by atoms with Crippen molar-refractivity contribution in [3.8, 4) is 0 Å². The second kappa shape index (κ2) is 8.61.